The fourth-order valence-electron chi connectivity index (χ4n) is 0.704. The second-order valence-electron chi connectivity index (χ2n) is 2.01. The molecule has 0 aliphatic heterocycles. The number of benzene rings is 1. The van der Waals surface area contributed by atoms with Gasteiger partial charge in [0.15, 0.2) is 0 Å². The molecule has 0 saturated heterocycles. The predicted molar refractivity (Wildman–Crippen MR) is 36.6 cm³/mol. The van der Waals surface area contributed by atoms with Crippen LogP contribution in [0.5, 0.6) is 0 Å². The molecule has 0 radical (unpaired) electrons. The van der Waals surface area contributed by atoms with Crippen molar-refractivity contribution in [2.24, 2.45) is 0 Å². The standard InChI is InChI=1S/C7H5O2.Hg.H2O/c8-7(9)6-4-2-1-3-5-6;;/h1-2,4-5H,(H,8,9);;1H2. The summed E-state index contributed by atoms with van der Waals surface area (Å²) in [6.07, 6.45) is 0. The van der Waals surface area contributed by atoms with Crippen molar-refractivity contribution in [3.05, 3.63) is 29.8 Å². The summed E-state index contributed by atoms with van der Waals surface area (Å²) < 4.78 is 1.17. The molecule has 0 aromatic heterocycles. The minimum atomic E-state index is -0.840. The third-order valence-electron chi connectivity index (χ3n) is 1.17. The number of carboxylic acid groups (broad SMARTS) is 1. The fraction of sp³-hybridized carbons (Fsp3) is 0. The van der Waals surface area contributed by atoms with Gasteiger partial charge < -0.3 is 5.48 Å². The van der Waals surface area contributed by atoms with Gasteiger partial charge in [0.05, 0.1) is 0 Å². The van der Waals surface area contributed by atoms with Crippen molar-refractivity contribution in [3.8, 4) is 0 Å². The zero-order valence-electron chi connectivity index (χ0n) is 5.87. The number of aromatic carboxylic acids is 1. The third kappa shape index (κ3) is 2.99. The summed E-state index contributed by atoms with van der Waals surface area (Å²) in [5, 5.41) is 8.53. The molecule has 55 valence electrons. The topological polar surface area (TPSA) is 68.8 Å². The molecular weight excluding hydrogens is 333 g/mol. The van der Waals surface area contributed by atoms with Crippen LogP contribution in [0.2, 0.25) is 0 Å². The average Bonchev–Trinajstić information content (AvgIpc) is 1.88. The van der Waals surface area contributed by atoms with Crippen molar-refractivity contribution in [2.75, 3.05) is 0 Å². The molecule has 0 aliphatic carbocycles. The Balaban J connectivity index is 0.000001000. The monoisotopic (exact) mass is 341 g/mol. The number of rotatable bonds is 1. The molecule has 0 fully saturated rings. The Morgan fingerprint density at radius 1 is 1.45 bits per heavy atom. The molecule has 1 aromatic rings. The second-order valence-corrected chi connectivity index (χ2v) is 5.18. The summed E-state index contributed by atoms with van der Waals surface area (Å²) in [6, 6.07) is 7.07. The minimum absolute atomic E-state index is 0. The van der Waals surface area contributed by atoms with Crippen molar-refractivity contribution in [2.45, 2.75) is 0 Å². The Kier molecular flexibility index (Phi) is 4.29. The predicted octanol–water partition coefficient (Wildman–Crippen LogP) is -0.268. The van der Waals surface area contributed by atoms with Gasteiger partial charge in [-0.1, -0.05) is 0 Å². The van der Waals surface area contributed by atoms with Crippen LogP contribution < -0.4 is 3.07 Å². The van der Waals surface area contributed by atoms with Crippen LogP contribution in [-0.4, -0.2) is 16.6 Å². The maximum atomic E-state index is 10.4. The number of hydrogen-bond donors (Lipinski definition) is 1. The van der Waals surface area contributed by atoms with E-state index in [4.69, 9.17) is 5.11 Å². The Bertz CT molecular complexity index is 260. The molecule has 4 heteroatoms. The molecule has 3 nitrogen and oxygen atoms in total. The Hall–Kier alpha value is -0.415. The van der Waals surface area contributed by atoms with E-state index in [-0.39, 0.29) is 5.48 Å². The molecule has 0 spiro atoms. The molecule has 0 atom stereocenters. The van der Waals surface area contributed by atoms with E-state index >= 15 is 0 Å². The molecule has 1 rings (SSSR count). The van der Waals surface area contributed by atoms with Gasteiger partial charge in [0.1, 0.15) is 0 Å². The molecule has 3 N–H and O–H groups in total. The summed E-state index contributed by atoms with van der Waals surface area (Å²) in [5.74, 6) is -0.840. The molecule has 0 saturated carbocycles. The molecule has 0 bridgehead atoms. The van der Waals surface area contributed by atoms with Crippen LogP contribution in [-0.2, 0) is 26.1 Å². The van der Waals surface area contributed by atoms with E-state index < -0.39 is 5.97 Å². The van der Waals surface area contributed by atoms with Crippen molar-refractivity contribution >= 4 is 9.04 Å². The van der Waals surface area contributed by atoms with Gasteiger partial charge >= 0.3 is 74.9 Å². The van der Waals surface area contributed by atoms with E-state index in [9.17, 15) is 4.79 Å². The first-order valence-corrected chi connectivity index (χ1v) is 5.60. The second kappa shape index (κ2) is 4.46. The van der Waals surface area contributed by atoms with Gasteiger partial charge in [-0.3, -0.25) is 0 Å². The Morgan fingerprint density at radius 3 is 2.45 bits per heavy atom. The summed E-state index contributed by atoms with van der Waals surface area (Å²) >= 11 is 0.520. The van der Waals surface area contributed by atoms with Gasteiger partial charge in [-0.05, 0) is 0 Å². The zero-order chi connectivity index (χ0) is 7.56. The van der Waals surface area contributed by atoms with Gasteiger partial charge in [0.25, 0.3) is 0 Å². The maximum absolute atomic E-state index is 10.4. The van der Waals surface area contributed by atoms with E-state index in [1.165, 1.54) is 3.07 Å². The molecule has 0 aliphatic rings. The van der Waals surface area contributed by atoms with Crippen molar-refractivity contribution in [3.63, 3.8) is 0 Å². The van der Waals surface area contributed by atoms with Crippen molar-refractivity contribution in [1.82, 2.24) is 0 Å². The number of carbonyl (C=O) groups is 1. The molecule has 0 unspecified atom stereocenters. The normalized spacial score (nSPS) is 8.55. The Labute approximate surface area is 80.3 Å². The molecule has 0 heterocycles. The molecular formula is C7H7HgO3. The van der Waals surface area contributed by atoms with Crippen LogP contribution in [0.4, 0.5) is 0 Å². The summed E-state index contributed by atoms with van der Waals surface area (Å²) in [6.45, 7) is 0. The van der Waals surface area contributed by atoms with Gasteiger partial charge in [-0.2, -0.15) is 0 Å². The zero-order valence-corrected chi connectivity index (χ0v) is 11.4. The molecule has 0 amide bonds. The van der Waals surface area contributed by atoms with Gasteiger partial charge in [-0.25, -0.2) is 0 Å². The fourth-order valence-corrected chi connectivity index (χ4v) is 2.09. The first kappa shape index (κ1) is 10.6. The van der Waals surface area contributed by atoms with Crippen LogP contribution in [0, 0.1) is 0 Å². The van der Waals surface area contributed by atoms with Crippen molar-refractivity contribution in [1.29, 1.82) is 0 Å². The van der Waals surface area contributed by atoms with Crippen LogP contribution in [0.1, 0.15) is 10.4 Å². The third-order valence-corrected chi connectivity index (χ3v) is 2.88. The van der Waals surface area contributed by atoms with Gasteiger partial charge in [0, 0.05) is 0 Å². The van der Waals surface area contributed by atoms with Crippen LogP contribution in [0.15, 0.2) is 24.3 Å². The summed E-state index contributed by atoms with van der Waals surface area (Å²) in [4.78, 5) is 10.4. The SMILES string of the molecule is O.O=C(O)c1ccc[c]([Hg])c1. The van der Waals surface area contributed by atoms with Crippen molar-refractivity contribution < 1.29 is 41.5 Å². The van der Waals surface area contributed by atoms with Crippen LogP contribution in [0.25, 0.3) is 0 Å². The average molecular weight is 340 g/mol. The van der Waals surface area contributed by atoms with Crippen LogP contribution in [0.3, 0.4) is 0 Å². The first-order valence-electron chi connectivity index (χ1n) is 2.85. The van der Waals surface area contributed by atoms with Gasteiger partial charge in [-0.15, -0.1) is 0 Å². The summed E-state index contributed by atoms with van der Waals surface area (Å²) in [7, 11) is 0. The van der Waals surface area contributed by atoms with Gasteiger partial charge in [0.2, 0.25) is 0 Å². The first-order chi connectivity index (χ1) is 4.70. The van der Waals surface area contributed by atoms with E-state index in [0.717, 1.165) is 0 Å². The Morgan fingerprint density at radius 2 is 2.09 bits per heavy atom. The van der Waals surface area contributed by atoms with E-state index in [0.29, 0.717) is 31.7 Å². The number of hydrogen-bond acceptors (Lipinski definition) is 1. The molecule has 11 heavy (non-hydrogen) atoms. The van der Waals surface area contributed by atoms with E-state index in [1.807, 2.05) is 6.07 Å². The molecule has 1 aromatic carbocycles. The number of carboxylic acids is 1. The van der Waals surface area contributed by atoms with Crippen LogP contribution >= 0.6 is 0 Å². The van der Waals surface area contributed by atoms with E-state index in [2.05, 4.69) is 0 Å². The van der Waals surface area contributed by atoms with E-state index in [1.54, 1.807) is 18.2 Å². The quantitative estimate of drug-likeness (QED) is 0.716. The summed E-state index contributed by atoms with van der Waals surface area (Å²) in [5.41, 5.74) is 0.396.